The highest BCUT2D eigenvalue weighted by Crippen LogP contribution is 2.31. The van der Waals surface area contributed by atoms with Crippen LogP contribution in [0.5, 0.6) is 11.6 Å². The third-order valence-corrected chi connectivity index (χ3v) is 7.52. The number of pyridine rings is 2. The van der Waals surface area contributed by atoms with E-state index in [0.717, 1.165) is 25.0 Å². The van der Waals surface area contributed by atoms with Crippen molar-refractivity contribution in [3.8, 4) is 22.8 Å². The smallest absolute Gasteiger partial charge is 0.300 e. The van der Waals surface area contributed by atoms with Crippen molar-refractivity contribution in [1.82, 2.24) is 14.4 Å². The molecule has 3 aromatic heterocycles. The average molecular weight is 511 g/mol. The number of sulfonamides is 1. The van der Waals surface area contributed by atoms with Gasteiger partial charge in [-0.05, 0) is 49.1 Å². The van der Waals surface area contributed by atoms with Gasteiger partial charge in [0.25, 0.3) is 15.6 Å². The SMILES string of the molecule is COc1ncc(-c2ccc3ncc(OCC4CCC4)c(=O)n3c2)cc1NS(=O)(=O)c1ccccc1F. The van der Waals surface area contributed by atoms with E-state index >= 15 is 0 Å². The van der Waals surface area contributed by atoms with Crippen LogP contribution in [-0.4, -0.2) is 36.5 Å². The number of rotatable bonds is 8. The van der Waals surface area contributed by atoms with Crippen LogP contribution in [0.2, 0.25) is 0 Å². The molecule has 0 spiro atoms. The van der Waals surface area contributed by atoms with Gasteiger partial charge in [-0.1, -0.05) is 18.6 Å². The number of methoxy groups -OCH3 is 1. The van der Waals surface area contributed by atoms with Crippen molar-refractivity contribution in [2.45, 2.75) is 24.2 Å². The van der Waals surface area contributed by atoms with E-state index in [-0.39, 0.29) is 22.9 Å². The molecule has 0 bridgehead atoms. The number of fused-ring (bicyclic) bond motifs is 1. The molecular formula is C25H23FN4O5S. The molecule has 1 N–H and O–H groups in total. The van der Waals surface area contributed by atoms with Gasteiger partial charge in [0.05, 0.1) is 19.9 Å². The van der Waals surface area contributed by atoms with Crippen LogP contribution in [0, 0.1) is 11.7 Å². The van der Waals surface area contributed by atoms with E-state index in [1.165, 1.54) is 48.5 Å². The van der Waals surface area contributed by atoms with Gasteiger partial charge in [-0.15, -0.1) is 0 Å². The van der Waals surface area contributed by atoms with Crippen molar-refractivity contribution >= 4 is 21.4 Å². The largest absolute Gasteiger partial charge is 0.486 e. The summed E-state index contributed by atoms with van der Waals surface area (Å²) in [6, 6.07) is 9.95. The first-order valence-corrected chi connectivity index (χ1v) is 12.8. The Morgan fingerprint density at radius 2 is 1.92 bits per heavy atom. The molecule has 1 fully saturated rings. The van der Waals surface area contributed by atoms with Gasteiger partial charge in [0.1, 0.15) is 22.0 Å². The molecule has 11 heteroatoms. The lowest BCUT2D eigenvalue weighted by Crippen LogP contribution is -2.23. The number of hydrogen-bond donors (Lipinski definition) is 1. The lowest BCUT2D eigenvalue weighted by Gasteiger charge is -2.24. The van der Waals surface area contributed by atoms with Crippen LogP contribution >= 0.6 is 0 Å². The van der Waals surface area contributed by atoms with Crippen molar-refractivity contribution in [2.24, 2.45) is 5.92 Å². The van der Waals surface area contributed by atoms with Crippen molar-refractivity contribution < 1.29 is 22.3 Å². The molecule has 0 amide bonds. The van der Waals surface area contributed by atoms with Crippen LogP contribution in [0.15, 0.2) is 70.7 Å². The van der Waals surface area contributed by atoms with Crippen LogP contribution < -0.4 is 19.8 Å². The quantitative estimate of drug-likeness (QED) is 0.383. The summed E-state index contributed by atoms with van der Waals surface area (Å²) in [7, 11) is -2.92. The molecule has 0 atom stereocenters. The summed E-state index contributed by atoms with van der Waals surface area (Å²) in [5, 5.41) is 0. The van der Waals surface area contributed by atoms with Gasteiger partial charge in [-0.25, -0.2) is 22.8 Å². The first-order chi connectivity index (χ1) is 17.4. The van der Waals surface area contributed by atoms with Gasteiger partial charge >= 0.3 is 0 Å². The maximum atomic E-state index is 14.1. The second kappa shape index (κ2) is 9.57. The summed E-state index contributed by atoms with van der Waals surface area (Å²) in [5.41, 5.74) is 1.17. The molecule has 1 aliphatic rings. The van der Waals surface area contributed by atoms with Gasteiger partial charge in [-0.3, -0.25) is 13.9 Å². The Kier molecular flexibility index (Phi) is 6.31. The van der Waals surface area contributed by atoms with E-state index in [9.17, 15) is 17.6 Å². The molecule has 9 nitrogen and oxygen atoms in total. The van der Waals surface area contributed by atoms with Crippen molar-refractivity contribution in [2.75, 3.05) is 18.4 Å². The van der Waals surface area contributed by atoms with Gasteiger partial charge in [-0.2, -0.15) is 0 Å². The third kappa shape index (κ3) is 4.61. The number of halogens is 1. The predicted molar refractivity (Wildman–Crippen MR) is 131 cm³/mol. The Morgan fingerprint density at radius 1 is 1.11 bits per heavy atom. The van der Waals surface area contributed by atoms with E-state index in [2.05, 4.69) is 14.7 Å². The van der Waals surface area contributed by atoms with Gasteiger partial charge in [0.2, 0.25) is 11.6 Å². The fourth-order valence-corrected chi connectivity index (χ4v) is 5.03. The molecule has 0 radical (unpaired) electrons. The first kappa shape index (κ1) is 23.7. The maximum Gasteiger partial charge on any atom is 0.300 e. The average Bonchev–Trinajstić information content (AvgIpc) is 2.84. The van der Waals surface area contributed by atoms with E-state index < -0.39 is 20.7 Å². The molecule has 1 aliphatic carbocycles. The van der Waals surface area contributed by atoms with E-state index in [1.807, 2.05) is 0 Å². The van der Waals surface area contributed by atoms with Crippen LogP contribution in [0.25, 0.3) is 16.8 Å². The Hall–Kier alpha value is -3.99. The molecule has 4 aromatic rings. The second-order valence-corrected chi connectivity index (χ2v) is 10.1. The zero-order valence-corrected chi connectivity index (χ0v) is 20.2. The summed E-state index contributed by atoms with van der Waals surface area (Å²) >= 11 is 0. The van der Waals surface area contributed by atoms with Crippen LogP contribution in [0.3, 0.4) is 0 Å². The Balaban J connectivity index is 1.49. The monoisotopic (exact) mass is 510 g/mol. The van der Waals surface area contributed by atoms with Crippen LogP contribution in [0.1, 0.15) is 19.3 Å². The summed E-state index contributed by atoms with van der Waals surface area (Å²) in [4.78, 5) is 21.0. The van der Waals surface area contributed by atoms with E-state index in [4.69, 9.17) is 9.47 Å². The Bertz CT molecular complexity index is 1600. The summed E-state index contributed by atoms with van der Waals surface area (Å²) in [6.07, 6.45) is 7.87. The van der Waals surface area contributed by atoms with Gasteiger partial charge in [0, 0.05) is 23.5 Å². The molecule has 0 unspecified atom stereocenters. The predicted octanol–water partition coefficient (Wildman–Crippen LogP) is 3.88. The number of nitrogens with zero attached hydrogens (tertiary/aromatic N) is 3. The molecule has 186 valence electrons. The zero-order chi connectivity index (χ0) is 25.3. The fourth-order valence-electron chi connectivity index (χ4n) is 3.90. The number of aromatic nitrogens is 3. The molecule has 0 saturated heterocycles. The minimum atomic E-state index is -4.26. The van der Waals surface area contributed by atoms with E-state index in [0.29, 0.717) is 29.3 Å². The summed E-state index contributed by atoms with van der Waals surface area (Å²) < 4.78 is 54.4. The Labute approximate surface area is 206 Å². The van der Waals surface area contributed by atoms with Crippen molar-refractivity contribution in [1.29, 1.82) is 0 Å². The minimum absolute atomic E-state index is 0.00460. The Morgan fingerprint density at radius 3 is 2.64 bits per heavy atom. The maximum absolute atomic E-state index is 14.1. The van der Waals surface area contributed by atoms with Crippen molar-refractivity contribution in [3.05, 3.63) is 77.2 Å². The lowest BCUT2D eigenvalue weighted by molar-refractivity contribution is 0.178. The van der Waals surface area contributed by atoms with Gasteiger partial charge < -0.3 is 9.47 Å². The minimum Gasteiger partial charge on any atom is -0.486 e. The molecule has 1 aromatic carbocycles. The topological polar surface area (TPSA) is 112 Å². The molecular weight excluding hydrogens is 487 g/mol. The highest BCUT2D eigenvalue weighted by atomic mass is 32.2. The van der Waals surface area contributed by atoms with Crippen LogP contribution in [-0.2, 0) is 10.0 Å². The highest BCUT2D eigenvalue weighted by Gasteiger charge is 2.22. The molecule has 0 aliphatic heterocycles. The number of hydrogen-bond acceptors (Lipinski definition) is 7. The molecule has 5 rings (SSSR count). The normalized spacial score (nSPS) is 13.8. The van der Waals surface area contributed by atoms with E-state index in [1.54, 1.807) is 18.3 Å². The number of anilines is 1. The first-order valence-electron chi connectivity index (χ1n) is 11.3. The van der Waals surface area contributed by atoms with Crippen molar-refractivity contribution in [3.63, 3.8) is 0 Å². The molecule has 36 heavy (non-hydrogen) atoms. The molecule has 1 saturated carbocycles. The number of ether oxygens (including phenoxy) is 2. The van der Waals surface area contributed by atoms with Gasteiger partial charge in [0.15, 0.2) is 0 Å². The molecule has 3 heterocycles. The summed E-state index contributed by atoms with van der Waals surface area (Å²) in [5.74, 6) is -0.245. The van der Waals surface area contributed by atoms with Crippen LogP contribution in [0.4, 0.5) is 10.1 Å². The summed E-state index contributed by atoms with van der Waals surface area (Å²) in [6.45, 7) is 0.483. The standard InChI is InChI=1S/C25H23FN4O5S/c1-34-24-20(29-36(32,33)22-8-3-2-7-19(22)26)11-18(12-28-24)17-9-10-23-27-13-21(25(31)30(23)14-17)35-15-16-5-4-6-16/h2-3,7-14,16,29H,4-6,15H2,1H3. The number of nitrogens with one attached hydrogen (secondary N) is 1. The number of benzene rings is 1. The third-order valence-electron chi connectivity index (χ3n) is 6.12. The fraction of sp³-hybridized carbons (Fsp3) is 0.240. The zero-order valence-electron chi connectivity index (χ0n) is 19.3. The lowest BCUT2D eigenvalue weighted by atomic mass is 9.86. The highest BCUT2D eigenvalue weighted by molar-refractivity contribution is 7.92. The second-order valence-electron chi connectivity index (χ2n) is 8.50.